The molecule has 1 heterocycles. The molecule has 5 nitrogen and oxygen atoms in total. The highest BCUT2D eigenvalue weighted by Gasteiger charge is 2.34. The third-order valence-electron chi connectivity index (χ3n) is 2.83. The van der Waals surface area contributed by atoms with Crippen molar-refractivity contribution in [2.24, 2.45) is 0 Å². The van der Waals surface area contributed by atoms with Gasteiger partial charge < -0.3 is 15.5 Å². The van der Waals surface area contributed by atoms with Gasteiger partial charge in [0.05, 0.1) is 6.04 Å². The van der Waals surface area contributed by atoms with Gasteiger partial charge in [0, 0.05) is 32.1 Å². The minimum atomic E-state index is -0.198. The molecule has 1 fully saturated rings. The third-order valence-corrected chi connectivity index (χ3v) is 2.83. The molecular formula is C12H21N3O2. The van der Waals surface area contributed by atoms with Gasteiger partial charge in [-0.25, -0.2) is 0 Å². The summed E-state index contributed by atoms with van der Waals surface area (Å²) in [5.41, 5.74) is 0. The number of amides is 2. The van der Waals surface area contributed by atoms with Gasteiger partial charge in [-0.2, -0.15) is 0 Å². The summed E-state index contributed by atoms with van der Waals surface area (Å²) in [6.45, 7) is 10.3. The number of nitrogens with zero attached hydrogens (tertiary/aromatic N) is 1. The molecule has 0 aromatic rings. The van der Waals surface area contributed by atoms with Gasteiger partial charge in [0.2, 0.25) is 11.8 Å². The Bertz CT molecular complexity index is 315. The smallest absolute Gasteiger partial charge is 0.243 e. The molecular weight excluding hydrogens is 218 g/mol. The fraction of sp³-hybridized carbons (Fsp3) is 0.667. The number of likely N-dealkylation sites (tertiary alicyclic amines) is 1. The predicted octanol–water partition coefficient (Wildman–Crippen LogP) is -0.114. The summed E-state index contributed by atoms with van der Waals surface area (Å²) in [5, 5.41) is 6.22. The van der Waals surface area contributed by atoms with Crippen LogP contribution in [0.4, 0.5) is 0 Å². The van der Waals surface area contributed by atoms with Crippen LogP contribution < -0.4 is 10.6 Å². The molecule has 2 amide bonds. The monoisotopic (exact) mass is 239 g/mol. The molecule has 0 aromatic heterocycles. The summed E-state index contributed by atoms with van der Waals surface area (Å²) in [5.74, 6) is -0.160. The number of nitrogens with one attached hydrogen (secondary N) is 2. The summed E-state index contributed by atoms with van der Waals surface area (Å²) in [6.07, 6.45) is 1.25. The van der Waals surface area contributed by atoms with E-state index in [1.807, 2.05) is 13.8 Å². The zero-order valence-corrected chi connectivity index (χ0v) is 10.7. The number of hydrogen-bond acceptors (Lipinski definition) is 3. The fourth-order valence-electron chi connectivity index (χ4n) is 2.05. The largest absolute Gasteiger partial charge is 0.346 e. The van der Waals surface area contributed by atoms with Crippen LogP contribution in [0.1, 0.15) is 20.8 Å². The van der Waals surface area contributed by atoms with Gasteiger partial charge in [-0.3, -0.25) is 9.59 Å². The van der Waals surface area contributed by atoms with Gasteiger partial charge in [-0.1, -0.05) is 20.4 Å². The molecule has 96 valence electrons. The first kappa shape index (κ1) is 13.7. The average molecular weight is 239 g/mol. The van der Waals surface area contributed by atoms with Crippen LogP contribution in [0.3, 0.4) is 0 Å². The van der Waals surface area contributed by atoms with E-state index in [0.29, 0.717) is 19.1 Å². The van der Waals surface area contributed by atoms with E-state index in [-0.39, 0.29) is 23.9 Å². The van der Waals surface area contributed by atoms with Gasteiger partial charge in [-0.15, -0.1) is 0 Å². The van der Waals surface area contributed by atoms with Crippen LogP contribution in [0.15, 0.2) is 12.7 Å². The van der Waals surface area contributed by atoms with Crippen molar-refractivity contribution in [3.05, 3.63) is 12.7 Å². The van der Waals surface area contributed by atoms with Crippen LogP contribution in [0.5, 0.6) is 0 Å². The second-order valence-electron chi connectivity index (χ2n) is 4.67. The fourth-order valence-corrected chi connectivity index (χ4v) is 2.05. The van der Waals surface area contributed by atoms with Crippen molar-refractivity contribution < 1.29 is 9.59 Å². The quantitative estimate of drug-likeness (QED) is 0.673. The Kier molecular flexibility index (Phi) is 4.69. The number of carbonyl (C=O) groups excluding carboxylic acids is 2. The topological polar surface area (TPSA) is 61.4 Å². The molecule has 5 heteroatoms. The Morgan fingerprint density at radius 1 is 1.35 bits per heavy atom. The molecule has 1 rings (SSSR count). The predicted molar refractivity (Wildman–Crippen MR) is 66.4 cm³/mol. The zero-order chi connectivity index (χ0) is 13.0. The first-order chi connectivity index (χ1) is 7.93. The van der Waals surface area contributed by atoms with Crippen LogP contribution in [-0.2, 0) is 9.59 Å². The van der Waals surface area contributed by atoms with Gasteiger partial charge in [0.25, 0.3) is 0 Å². The summed E-state index contributed by atoms with van der Waals surface area (Å²) >= 11 is 0. The molecule has 0 aromatic carbocycles. The van der Waals surface area contributed by atoms with Crippen LogP contribution in [0.25, 0.3) is 0 Å². The van der Waals surface area contributed by atoms with Crippen molar-refractivity contribution in [2.75, 3.05) is 13.1 Å². The first-order valence-corrected chi connectivity index (χ1v) is 5.88. The second-order valence-corrected chi connectivity index (χ2v) is 4.67. The van der Waals surface area contributed by atoms with Crippen molar-refractivity contribution in [3.63, 3.8) is 0 Å². The second kappa shape index (κ2) is 5.82. The lowest BCUT2D eigenvalue weighted by Crippen LogP contribution is -2.50. The standard InChI is InChI=1S/C12H21N3O2/c1-5-12(17)14-11-7-15(9(4)16)6-10(11)13-8(2)3/h5,8,10-11,13H,1,6-7H2,2-4H3,(H,14,17). The minimum absolute atomic E-state index is 0.0379. The zero-order valence-electron chi connectivity index (χ0n) is 10.7. The van der Waals surface area contributed by atoms with Crippen LogP contribution >= 0.6 is 0 Å². The van der Waals surface area contributed by atoms with E-state index in [1.54, 1.807) is 11.8 Å². The maximum atomic E-state index is 11.3. The van der Waals surface area contributed by atoms with Crippen molar-refractivity contribution in [1.82, 2.24) is 15.5 Å². The molecule has 17 heavy (non-hydrogen) atoms. The van der Waals surface area contributed by atoms with Gasteiger partial charge >= 0.3 is 0 Å². The van der Waals surface area contributed by atoms with E-state index in [9.17, 15) is 9.59 Å². The van der Waals surface area contributed by atoms with E-state index in [2.05, 4.69) is 17.2 Å². The maximum Gasteiger partial charge on any atom is 0.243 e. The Balaban J connectivity index is 2.66. The molecule has 1 aliphatic heterocycles. The van der Waals surface area contributed by atoms with Crippen molar-refractivity contribution in [1.29, 1.82) is 0 Å². The lowest BCUT2D eigenvalue weighted by Gasteiger charge is -2.22. The minimum Gasteiger partial charge on any atom is -0.346 e. The highest BCUT2D eigenvalue weighted by atomic mass is 16.2. The Morgan fingerprint density at radius 2 is 1.94 bits per heavy atom. The summed E-state index contributed by atoms with van der Waals surface area (Å²) in [7, 11) is 0. The van der Waals surface area contributed by atoms with E-state index >= 15 is 0 Å². The van der Waals surface area contributed by atoms with Crippen LogP contribution in [0, 0.1) is 0 Å². The number of hydrogen-bond donors (Lipinski definition) is 2. The molecule has 1 aliphatic rings. The van der Waals surface area contributed by atoms with E-state index < -0.39 is 0 Å². The lowest BCUT2D eigenvalue weighted by atomic mass is 10.1. The van der Waals surface area contributed by atoms with E-state index in [4.69, 9.17) is 0 Å². The molecule has 2 unspecified atom stereocenters. The van der Waals surface area contributed by atoms with Gasteiger partial charge in [0.1, 0.15) is 0 Å². The molecule has 2 N–H and O–H groups in total. The average Bonchev–Trinajstić information content (AvgIpc) is 2.60. The van der Waals surface area contributed by atoms with Gasteiger partial charge in [-0.05, 0) is 6.08 Å². The number of carbonyl (C=O) groups is 2. The molecule has 0 saturated carbocycles. The molecule has 2 atom stereocenters. The third kappa shape index (κ3) is 3.85. The molecule has 1 saturated heterocycles. The van der Waals surface area contributed by atoms with Crippen LogP contribution in [0.2, 0.25) is 0 Å². The molecule has 0 radical (unpaired) electrons. The van der Waals surface area contributed by atoms with E-state index in [1.165, 1.54) is 6.08 Å². The first-order valence-electron chi connectivity index (χ1n) is 5.88. The highest BCUT2D eigenvalue weighted by molar-refractivity contribution is 5.87. The van der Waals surface area contributed by atoms with Crippen LogP contribution in [-0.4, -0.2) is 47.9 Å². The summed E-state index contributed by atoms with van der Waals surface area (Å²) in [6, 6.07) is 0.365. The Labute approximate surface area is 102 Å². The van der Waals surface area contributed by atoms with Gasteiger partial charge in [0.15, 0.2) is 0 Å². The summed E-state index contributed by atoms with van der Waals surface area (Å²) in [4.78, 5) is 24.4. The summed E-state index contributed by atoms with van der Waals surface area (Å²) < 4.78 is 0. The lowest BCUT2D eigenvalue weighted by molar-refractivity contribution is -0.128. The van der Waals surface area contributed by atoms with Crippen molar-refractivity contribution in [2.45, 2.75) is 38.9 Å². The Morgan fingerprint density at radius 3 is 2.41 bits per heavy atom. The maximum absolute atomic E-state index is 11.3. The highest BCUT2D eigenvalue weighted by Crippen LogP contribution is 2.11. The molecule has 0 bridgehead atoms. The molecule has 0 aliphatic carbocycles. The van der Waals surface area contributed by atoms with Crippen molar-refractivity contribution >= 4 is 11.8 Å². The van der Waals surface area contributed by atoms with E-state index in [0.717, 1.165) is 0 Å². The SMILES string of the molecule is C=CC(=O)NC1CN(C(C)=O)CC1NC(C)C. The number of rotatable bonds is 4. The normalized spacial score (nSPS) is 23.9. The van der Waals surface area contributed by atoms with Crippen molar-refractivity contribution in [3.8, 4) is 0 Å². The molecule has 0 spiro atoms. The Hall–Kier alpha value is -1.36.